The van der Waals surface area contributed by atoms with Crippen molar-refractivity contribution in [2.24, 2.45) is 11.3 Å². The fourth-order valence-corrected chi connectivity index (χ4v) is 2.09. The molecule has 0 amide bonds. The van der Waals surface area contributed by atoms with Crippen molar-refractivity contribution < 1.29 is 0 Å². The quantitative estimate of drug-likeness (QED) is 0.562. The minimum atomic E-state index is 0.0876. The van der Waals surface area contributed by atoms with Crippen LogP contribution in [0.4, 0.5) is 0 Å². The van der Waals surface area contributed by atoms with Gasteiger partial charge < -0.3 is 0 Å². The molecule has 0 radical (unpaired) electrons. The Morgan fingerprint density at radius 3 is 2.73 bits per heavy atom. The molecular weight excluding hydrogens is 136 g/mol. The molecule has 2 aliphatic rings. The lowest BCUT2D eigenvalue weighted by molar-refractivity contribution is 0.240. The van der Waals surface area contributed by atoms with Crippen LogP contribution in [0.1, 0.15) is 20.3 Å². The summed E-state index contributed by atoms with van der Waals surface area (Å²) in [5.74, 6) is 0.704. The summed E-state index contributed by atoms with van der Waals surface area (Å²) in [6, 6.07) is 3.08. The first-order valence-electron chi connectivity index (χ1n) is 4.33. The lowest BCUT2D eigenvalue weighted by atomic mass is 10.1. The summed E-state index contributed by atoms with van der Waals surface area (Å²) in [5.41, 5.74) is 0.0876. The highest BCUT2D eigenvalue weighted by molar-refractivity contribution is 5.21. The van der Waals surface area contributed by atoms with Gasteiger partial charge in [0.15, 0.2) is 0 Å². The number of hydrogen-bond donors (Lipinski definition) is 0. The van der Waals surface area contributed by atoms with Crippen molar-refractivity contribution in [3.63, 3.8) is 0 Å². The molecule has 0 aromatic rings. The highest BCUT2D eigenvalue weighted by atomic mass is 15.2. The maximum Gasteiger partial charge on any atom is 0.0745 e. The molecule has 11 heavy (non-hydrogen) atoms. The molecule has 2 rings (SSSR count). The largest absolute Gasteiger partial charge is 0.299 e. The molecule has 0 spiro atoms. The fourth-order valence-electron chi connectivity index (χ4n) is 2.09. The van der Waals surface area contributed by atoms with E-state index in [9.17, 15) is 0 Å². The lowest BCUT2D eigenvalue weighted by Crippen LogP contribution is -2.31. The highest BCUT2D eigenvalue weighted by Gasteiger charge is 2.60. The molecule has 2 heteroatoms. The van der Waals surface area contributed by atoms with Crippen LogP contribution < -0.4 is 0 Å². The molecule has 1 aliphatic heterocycles. The van der Waals surface area contributed by atoms with Gasteiger partial charge in [0.1, 0.15) is 0 Å². The monoisotopic (exact) mass is 150 g/mol. The summed E-state index contributed by atoms with van der Waals surface area (Å²) in [6.07, 6.45) is 1.16. The molecule has 0 bridgehead atoms. The third kappa shape index (κ3) is 0.877. The zero-order valence-electron chi connectivity index (χ0n) is 7.17. The van der Waals surface area contributed by atoms with Crippen molar-refractivity contribution >= 4 is 0 Å². The summed E-state index contributed by atoms with van der Waals surface area (Å²) in [4.78, 5) is 2.41. The minimum absolute atomic E-state index is 0.0876. The number of likely N-dealkylation sites (tertiary alicyclic amines) is 1. The van der Waals surface area contributed by atoms with E-state index in [1.807, 2.05) is 0 Å². The first-order chi connectivity index (χ1) is 5.18. The van der Waals surface area contributed by atoms with Gasteiger partial charge in [-0.05, 0) is 26.2 Å². The molecule has 2 fully saturated rings. The third-order valence-corrected chi connectivity index (χ3v) is 3.13. The summed E-state index contributed by atoms with van der Waals surface area (Å²) in [7, 11) is 0. The Balaban J connectivity index is 2.04. The zero-order chi connectivity index (χ0) is 8.06. The van der Waals surface area contributed by atoms with E-state index in [0.717, 1.165) is 19.5 Å². The second-order valence-corrected chi connectivity index (χ2v) is 4.19. The van der Waals surface area contributed by atoms with Crippen molar-refractivity contribution in [2.45, 2.75) is 26.3 Å². The van der Waals surface area contributed by atoms with Gasteiger partial charge in [0.2, 0.25) is 0 Å². The molecular formula is C9H14N2. The van der Waals surface area contributed by atoms with Gasteiger partial charge in [-0.25, -0.2) is 0 Å². The Labute approximate surface area is 67.8 Å². The van der Waals surface area contributed by atoms with E-state index in [-0.39, 0.29) is 5.41 Å². The van der Waals surface area contributed by atoms with Crippen molar-refractivity contribution in [1.29, 1.82) is 5.26 Å². The molecule has 0 N–H and O–H groups in total. The van der Waals surface area contributed by atoms with Crippen LogP contribution in [0.2, 0.25) is 0 Å². The second-order valence-electron chi connectivity index (χ2n) is 4.19. The average Bonchev–Trinajstić information content (AvgIpc) is 2.55. The maximum absolute atomic E-state index is 8.89. The Morgan fingerprint density at radius 2 is 2.36 bits per heavy atom. The molecule has 0 aromatic carbocycles. The van der Waals surface area contributed by atoms with E-state index < -0.39 is 0 Å². The topological polar surface area (TPSA) is 27.0 Å². The van der Waals surface area contributed by atoms with Gasteiger partial charge in [-0.15, -0.1) is 0 Å². The van der Waals surface area contributed by atoms with Crippen LogP contribution in [0.15, 0.2) is 0 Å². The zero-order valence-corrected chi connectivity index (χ0v) is 7.17. The lowest BCUT2D eigenvalue weighted by Gasteiger charge is -2.22. The molecule has 1 saturated carbocycles. The van der Waals surface area contributed by atoms with Gasteiger partial charge in [0.05, 0.1) is 11.5 Å². The molecule has 2 atom stereocenters. The van der Waals surface area contributed by atoms with E-state index in [1.165, 1.54) is 0 Å². The molecule has 60 valence electrons. The van der Waals surface area contributed by atoms with Crippen molar-refractivity contribution in [2.75, 3.05) is 13.1 Å². The fraction of sp³-hybridized carbons (Fsp3) is 0.889. The highest BCUT2D eigenvalue weighted by Crippen LogP contribution is 2.57. The van der Waals surface area contributed by atoms with Gasteiger partial charge in [-0.1, -0.05) is 0 Å². The first-order valence-corrected chi connectivity index (χ1v) is 4.33. The Hall–Kier alpha value is -0.550. The standard InChI is InChI=1S/C9H14N2/c1-7(2)11-4-8-3-9(8,5-10)6-11/h7-8H,3-4,6H2,1-2H3. The number of piperidine rings is 1. The Kier molecular flexibility index (Phi) is 1.28. The Bertz CT molecular complexity index is 216. The average molecular weight is 150 g/mol. The van der Waals surface area contributed by atoms with Crippen LogP contribution in [0.25, 0.3) is 0 Å². The van der Waals surface area contributed by atoms with E-state index >= 15 is 0 Å². The summed E-state index contributed by atoms with van der Waals surface area (Å²) < 4.78 is 0. The number of hydrogen-bond acceptors (Lipinski definition) is 2. The van der Waals surface area contributed by atoms with Crippen LogP contribution in [0.5, 0.6) is 0 Å². The third-order valence-electron chi connectivity index (χ3n) is 3.13. The van der Waals surface area contributed by atoms with Gasteiger partial charge in [0, 0.05) is 19.1 Å². The molecule has 1 heterocycles. The predicted molar refractivity (Wildman–Crippen MR) is 42.9 cm³/mol. The van der Waals surface area contributed by atoms with Crippen LogP contribution >= 0.6 is 0 Å². The van der Waals surface area contributed by atoms with Gasteiger partial charge in [0.25, 0.3) is 0 Å². The number of nitrogens with zero attached hydrogens (tertiary/aromatic N) is 2. The SMILES string of the molecule is CC(C)N1CC2CC2(C#N)C1. The molecule has 1 aliphatic carbocycles. The smallest absolute Gasteiger partial charge is 0.0745 e. The van der Waals surface area contributed by atoms with Gasteiger partial charge in [-0.3, -0.25) is 4.90 Å². The minimum Gasteiger partial charge on any atom is -0.299 e. The van der Waals surface area contributed by atoms with Crippen LogP contribution in [0, 0.1) is 22.7 Å². The summed E-state index contributed by atoms with van der Waals surface area (Å²) in [6.45, 7) is 6.59. The van der Waals surface area contributed by atoms with E-state index in [2.05, 4.69) is 24.8 Å². The first kappa shape index (κ1) is 7.12. The van der Waals surface area contributed by atoms with Crippen molar-refractivity contribution in [1.82, 2.24) is 4.90 Å². The number of fused-ring (bicyclic) bond motifs is 1. The predicted octanol–water partition coefficient (Wildman–Crippen LogP) is 1.24. The van der Waals surface area contributed by atoms with Crippen molar-refractivity contribution in [3.05, 3.63) is 0 Å². The number of rotatable bonds is 1. The second kappa shape index (κ2) is 1.98. The van der Waals surface area contributed by atoms with Crippen LogP contribution in [-0.2, 0) is 0 Å². The Morgan fingerprint density at radius 1 is 1.64 bits per heavy atom. The molecule has 1 saturated heterocycles. The van der Waals surface area contributed by atoms with Crippen LogP contribution in [0.3, 0.4) is 0 Å². The van der Waals surface area contributed by atoms with E-state index in [0.29, 0.717) is 12.0 Å². The van der Waals surface area contributed by atoms with E-state index in [4.69, 9.17) is 5.26 Å². The summed E-state index contributed by atoms with van der Waals surface area (Å²) >= 11 is 0. The summed E-state index contributed by atoms with van der Waals surface area (Å²) in [5, 5.41) is 8.89. The van der Waals surface area contributed by atoms with Crippen LogP contribution in [-0.4, -0.2) is 24.0 Å². The van der Waals surface area contributed by atoms with Crippen molar-refractivity contribution in [3.8, 4) is 6.07 Å². The number of nitriles is 1. The molecule has 0 aromatic heterocycles. The molecule has 2 nitrogen and oxygen atoms in total. The normalized spacial score (nSPS) is 42.2. The van der Waals surface area contributed by atoms with Gasteiger partial charge in [-0.2, -0.15) is 5.26 Å². The maximum atomic E-state index is 8.89. The van der Waals surface area contributed by atoms with E-state index in [1.54, 1.807) is 0 Å². The molecule has 2 unspecified atom stereocenters. The van der Waals surface area contributed by atoms with Gasteiger partial charge >= 0.3 is 0 Å².